The topological polar surface area (TPSA) is 68.3 Å². The zero-order valence-corrected chi connectivity index (χ0v) is 24.4. The van der Waals surface area contributed by atoms with Gasteiger partial charge in [0.05, 0.1) is 19.6 Å². The van der Waals surface area contributed by atoms with Gasteiger partial charge in [-0.05, 0) is 49.1 Å². The average Bonchev–Trinajstić information content (AvgIpc) is 3.37. The van der Waals surface area contributed by atoms with Crippen molar-refractivity contribution in [1.29, 1.82) is 0 Å². The Balaban J connectivity index is 1.31. The van der Waals surface area contributed by atoms with E-state index in [1.807, 2.05) is 30.3 Å². The van der Waals surface area contributed by atoms with Crippen LogP contribution in [0, 0.1) is 6.57 Å². The second kappa shape index (κ2) is 13.1. The van der Waals surface area contributed by atoms with Gasteiger partial charge in [0.1, 0.15) is 11.9 Å². The average molecular weight is 606 g/mol. The Morgan fingerprint density at radius 2 is 1.73 bits per heavy atom. The Bertz CT molecular complexity index is 1620. The Morgan fingerprint density at radius 1 is 1.02 bits per heavy atom. The number of benzene rings is 3. The van der Waals surface area contributed by atoms with E-state index < -0.39 is 18.3 Å². The van der Waals surface area contributed by atoms with E-state index in [4.69, 9.17) is 16.0 Å². The number of β-amino-alcohol motifs (C(OH)–C–C–N with tert-alkyl or cyclic N) is 1. The second-order valence-corrected chi connectivity index (χ2v) is 11.0. The molecule has 2 heterocycles. The summed E-state index contributed by atoms with van der Waals surface area (Å²) in [7, 11) is 0. The fourth-order valence-corrected chi connectivity index (χ4v) is 5.68. The highest BCUT2D eigenvalue weighted by Gasteiger charge is 2.57. The van der Waals surface area contributed by atoms with E-state index in [0.717, 1.165) is 11.1 Å². The second-order valence-electron chi connectivity index (χ2n) is 11.0. The van der Waals surface area contributed by atoms with Crippen LogP contribution < -0.4 is 4.74 Å². The summed E-state index contributed by atoms with van der Waals surface area (Å²) in [5.74, 6) is 0.314. The van der Waals surface area contributed by atoms with E-state index in [2.05, 4.69) is 4.85 Å². The monoisotopic (exact) mass is 605 g/mol. The molecule has 1 aliphatic heterocycles. The SMILES string of the molecule is [C-]#[N+]c1ccc2c(C(O)(CN3CCC(Oc4ccc(CC(=O)OCC)cc4)CC3)C(F)(F)F)cn(Cc3ccccc3)c2c1. The van der Waals surface area contributed by atoms with Crippen LogP contribution in [0.3, 0.4) is 0 Å². The first-order valence-corrected chi connectivity index (χ1v) is 14.6. The molecule has 0 radical (unpaired) electrons. The summed E-state index contributed by atoms with van der Waals surface area (Å²) >= 11 is 0. The van der Waals surface area contributed by atoms with Crippen molar-refractivity contribution in [2.24, 2.45) is 0 Å². The molecule has 44 heavy (non-hydrogen) atoms. The summed E-state index contributed by atoms with van der Waals surface area (Å²) in [4.78, 5) is 16.8. The molecule has 1 unspecified atom stereocenters. The number of carbonyl (C=O) groups excluding carboxylic acids is 1. The molecule has 0 saturated carbocycles. The van der Waals surface area contributed by atoms with E-state index in [-0.39, 0.29) is 29.4 Å². The zero-order valence-electron chi connectivity index (χ0n) is 24.4. The first kappa shape index (κ1) is 31.1. The summed E-state index contributed by atoms with van der Waals surface area (Å²) in [6.45, 7) is 9.76. The lowest BCUT2D eigenvalue weighted by atomic mass is 9.91. The fourth-order valence-electron chi connectivity index (χ4n) is 5.68. The van der Waals surface area contributed by atoms with Gasteiger partial charge in [0.2, 0.25) is 5.60 Å². The van der Waals surface area contributed by atoms with Gasteiger partial charge in [0, 0.05) is 48.8 Å². The highest BCUT2D eigenvalue weighted by molar-refractivity contribution is 5.88. The number of alkyl halides is 3. The molecule has 0 aliphatic carbocycles. The lowest BCUT2D eigenvalue weighted by molar-refractivity contribution is -0.272. The molecular formula is C34H34F3N3O4. The van der Waals surface area contributed by atoms with Crippen molar-refractivity contribution in [1.82, 2.24) is 9.47 Å². The van der Waals surface area contributed by atoms with Crippen molar-refractivity contribution in [3.05, 3.63) is 107 Å². The molecule has 4 aromatic rings. The summed E-state index contributed by atoms with van der Waals surface area (Å²) in [6, 6.07) is 21.0. The summed E-state index contributed by atoms with van der Waals surface area (Å²) < 4.78 is 57.1. The Morgan fingerprint density at radius 3 is 2.36 bits per heavy atom. The number of carbonyl (C=O) groups is 1. The van der Waals surface area contributed by atoms with Crippen molar-refractivity contribution < 1.29 is 32.5 Å². The molecule has 1 saturated heterocycles. The first-order chi connectivity index (χ1) is 21.1. The van der Waals surface area contributed by atoms with Crippen LogP contribution in [0.4, 0.5) is 18.9 Å². The molecule has 1 aromatic heterocycles. The minimum Gasteiger partial charge on any atom is -0.490 e. The number of nitrogens with zero attached hydrogens (tertiary/aromatic N) is 3. The highest BCUT2D eigenvalue weighted by Crippen LogP contribution is 2.44. The molecule has 1 atom stereocenters. The third-order valence-corrected chi connectivity index (χ3v) is 7.97. The van der Waals surface area contributed by atoms with Crippen LogP contribution >= 0.6 is 0 Å². The molecule has 1 aliphatic rings. The van der Waals surface area contributed by atoms with Crippen molar-refractivity contribution in [3.8, 4) is 5.75 Å². The number of likely N-dealkylation sites (tertiary alicyclic amines) is 1. The minimum absolute atomic E-state index is 0.167. The molecule has 10 heteroatoms. The molecule has 0 amide bonds. The minimum atomic E-state index is -4.95. The Labute approximate surface area is 254 Å². The lowest BCUT2D eigenvalue weighted by Crippen LogP contribution is -2.53. The van der Waals surface area contributed by atoms with E-state index >= 15 is 0 Å². The van der Waals surface area contributed by atoms with E-state index in [0.29, 0.717) is 56.0 Å². The first-order valence-electron chi connectivity index (χ1n) is 14.6. The maximum atomic E-state index is 14.8. The maximum Gasteiger partial charge on any atom is 0.422 e. The van der Waals surface area contributed by atoms with Crippen LogP contribution in [0.25, 0.3) is 15.7 Å². The van der Waals surface area contributed by atoms with Crippen molar-refractivity contribution in [2.45, 2.75) is 50.6 Å². The van der Waals surface area contributed by atoms with Gasteiger partial charge in [-0.3, -0.25) is 9.69 Å². The van der Waals surface area contributed by atoms with Crippen LogP contribution in [-0.4, -0.2) is 59.1 Å². The molecule has 5 rings (SSSR count). The largest absolute Gasteiger partial charge is 0.490 e. The fraction of sp³-hybridized carbons (Fsp3) is 0.353. The van der Waals surface area contributed by atoms with Gasteiger partial charge < -0.3 is 19.1 Å². The molecule has 230 valence electrons. The van der Waals surface area contributed by atoms with Gasteiger partial charge in [-0.1, -0.05) is 54.6 Å². The van der Waals surface area contributed by atoms with Crippen LogP contribution in [0.5, 0.6) is 5.75 Å². The number of ether oxygens (including phenoxy) is 2. The normalized spacial score (nSPS) is 15.9. The predicted octanol–water partition coefficient (Wildman–Crippen LogP) is 6.64. The van der Waals surface area contributed by atoms with Gasteiger partial charge in [0.25, 0.3) is 0 Å². The summed E-state index contributed by atoms with van der Waals surface area (Å²) in [5.41, 5.74) is -0.908. The molecular weight excluding hydrogens is 571 g/mol. The Kier molecular flexibility index (Phi) is 9.28. The number of rotatable bonds is 10. The zero-order chi connectivity index (χ0) is 31.3. The Hall–Kier alpha value is -4.33. The molecule has 0 bridgehead atoms. The number of aromatic nitrogens is 1. The molecule has 3 aromatic carbocycles. The predicted molar refractivity (Wildman–Crippen MR) is 161 cm³/mol. The number of piperidine rings is 1. The summed E-state index contributed by atoms with van der Waals surface area (Å²) in [6.07, 6.45) is -2.62. The van der Waals surface area contributed by atoms with E-state index in [9.17, 15) is 23.1 Å². The van der Waals surface area contributed by atoms with Crippen molar-refractivity contribution in [2.75, 3.05) is 26.2 Å². The molecule has 1 N–H and O–H groups in total. The molecule has 7 nitrogen and oxygen atoms in total. The summed E-state index contributed by atoms with van der Waals surface area (Å²) in [5, 5.41) is 11.8. The molecule has 0 spiro atoms. The number of hydrogen-bond donors (Lipinski definition) is 1. The van der Waals surface area contributed by atoms with Gasteiger partial charge >= 0.3 is 12.1 Å². The maximum absolute atomic E-state index is 14.8. The standard InChI is InChI=1S/C34H34F3N3O4/c1-3-43-32(41)19-24-9-12-27(13-10-24)44-28-15-17-39(18-16-28)23-33(42,34(35,36)37)30-22-40(21-25-7-5-4-6-8-25)31-20-26(38-2)11-14-29(30)31/h4-14,20,22,28,42H,3,15-19,21,23H2,1H3. The quantitative estimate of drug-likeness (QED) is 0.162. The van der Waals surface area contributed by atoms with E-state index in [1.54, 1.807) is 46.7 Å². The smallest absolute Gasteiger partial charge is 0.422 e. The van der Waals surface area contributed by atoms with Gasteiger partial charge in [-0.15, -0.1) is 0 Å². The van der Waals surface area contributed by atoms with Crippen molar-refractivity contribution in [3.63, 3.8) is 0 Å². The van der Waals surface area contributed by atoms with Crippen LogP contribution in [-0.2, 0) is 28.1 Å². The lowest BCUT2D eigenvalue weighted by Gasteiger charge is -2.39. The highest BCUT2D eigenvalue weighted by atomic mass is 19.4. The number of fused-ring (bicyclic) bond motifs is 1. The van der Waals surface area contributed by atoms with Gasteiger partial charge in [0.15, 0.2) is 5.69 Å². The number of esters is 1. The number of halogens is 3. The van der Waals surface area contributed by atoms with Crippen LogP contribution in [0.15, 0.2) is 79.0 Å². The van der Waals surface area contributed by atoms with Crippen molar-refractivity contribution >= 4 is 22.6 Å². The van der Waals surface area contributed by atoms with Crippen LogP contribution in [0.2, 0.25) is 0 Å². The van der Waals surface area contributed by atoms with E-state index in [1.165, 1.54) is 18.3 Å². The third-order valence-electron chi connectivity index (χ3n) is 7.97. The molecule has 1 fully saturated rings. The third kappa shape index (κ3) is 6.90. The number of hydrogen-bond acceptors (Lipinski definition) is 5. The number of aliphatic hydroxyl groups is 1. The van der Waals surface area contributed by atoms with Gasteiger partial charge in [-0.25, -0.2) is 4.85 Å². The van der Waals surface area contributed by atoms with Gasteiger partial charge in [-0.2, -0.15) is 13.2 Å². The van der Waals surface area contributed by atoms with Crippen LogP contribution in [0.1, 0.15) is 36.5 Å².